The summed E-state index contributed by atoms with van der Waals surface area (Å²) in [6.07, 6.45) is 4.67. The molecule has 92 valence electrons. The first-order chi connectivity index (χ1) is 8.67. The second-order valence-corrected chi connectivity index (χ2v) is 4.24. The molecular weight excluding hydrogens is 248 g/mol. The second kappa shape index (κ2) is 7.37. The van der Waals surface area contributed by atoms with Gasteiger partial charge in [0.05, 0.1) is 5.56 Å². The molecule has 1 N–H and O–H groups in total. The topological polar surface area (TPSA) is 74.0 Å². The van der Waals surface area contributed by atoms with Crippen molar-refractivity contribution < 1.29 is 9.90 Å². The molecule has 0 saturated carbocycles. The second-order valence-electron chi connectivity index (χ2n) is 3.44. The molecule has 4 nitrogen and oxygen atoms in total. The lowest BCUT2D eigenvalue weighted by atomic mass is 10.2. The highest BCUT2D eigenvalue weighted by atomic mass is 32.2. The van der Waals surface area contributed by atoms with Crippen LogP contribution in [-0.2, 0) is 4.79 Å². The highest BCUT2D eigenvalue weighted by molar-refractivity contribution is 7.98. The number of carboxylic acids is 1. The van der Waals surface area contributed by atoms with Crippen molar-refractivity contribution in [1.82, 2.24) is 4.98 Å². The lowest BCUT2D eigenvalue weighted by molar-refractivity contribution is -0.137. The van der Waals surface area contributed by atoms with E-state index in [1.54, 1.807) is 12.3 Å². The molecule has 0 aliphatic heterocycles. The van der Waals surface area contributed by atoms with Gasteiger partial charge in [0.1, 0.15) is 11.1 Å². The summed E-state index contributed by atoms with van der Waals surface area (Å²) in [5.74, 6) is 4.94. The first kappa shape index (κ1) is 14.1. The number of nitrogens with zero attached hydrogens (tertiary/aromatic N) is 2. The van der Waals surface area contributed by atoms with Crippen molar-refractivity contribution in [2.75, 3.05) is 6.26 Å². The zero-order valence-electron chi connectivity index (χ0n) is 9.93. The summed E-state index contributed by atoms with van der Waals surface area (Å²) in [7, 11) is 0. The van der Waals surface area contributed by atoms with Crippen LogP contribution in [0.4, 0.5) is 0 Å². The maximum absolute atomic E-state index is 10.3. The molecular formula is C13H12N2O2S. The van der Waals surface area contributed by atoms with E-state index in [2.05, 4.69) is 22.9 Å². The van der Waals surface area contributed by atoms with Gasteiger partial charge in [0.2, 0.25) is 0 Å². The monoisotopic (exact) mass is 260 g/mol. The Labute approximate surface area is 110 Å². The molecule has 0 spiro atoms. The number of hydrogen-bond donors (Lipinski definition) is 1. The molecule has 1 heterocycles. The van der Waals surface area contributed by atoms with Gasteiger partial charge >= 0.3 is 5.97 Å². The lowest BCUT2D eigenvalue weighted by Crippen LogP contribution is -1.92. The van der Waals surface area contributed by atoms with Crippen molar-refractivity contribution in [3.63, 3.8) is 0 Å². The molecule has 1 rings (SSSR count). The van der Waals surface area contributed by atoms with E-state index in [1.165, 1.54) is 11.8 Å². The Morgan fingerprint density at radius 3 is 3.00 bits per heavy atom. The van der Waals surface area contributed by atoms with Crippen molar-refractivity contribution in [2.24, 2.45) is 0 Å². The Kier molecular flexibility index (Phi) is 5.76. The van der Waals surface area contributed by atoms with Crippen LogP contribution in [0, 0.1) is 23.2 Å². The Morgan fingerprint density at radius 2 is 2.39 bits per heavy atom. The molecule has 1 aromatic rings. The average molecular weight is 260 g/mol. The molecule has 1 aromatic heterocycles. The molecule has 0 amide bonds. The van der Waals surface area contributed by atoms with Crippen LogP contribution < -0.4 is 0 Å². The van der Waals surface area contributed by atoms with Crippen LogP contribution in [0.3, 0.4) is 0 Å². The number of hydrogen-bond acceptors (Lipinski definition) is 4. The number of carboxylic acid groups (broad SMARTS) is 1. The van der Waals surface area contributed by atoms with Crippen molar-refractivity contribution in [1.29, 1.82) is 5.26 Å². The molecule has 5 heteroatoms. The first-order valence-corrected chi connectivity index (χ1v) is 6.54. The minimum Gasteiger partial charge on any atom is -0.481 e. The Morgan fingerprint density at radius 1 is 1.61 bits per heavy atom. The number of aliphatic carboxylic acids is 1. The van der Waals surface area contributed by atoms with Gasteiger partial charge in [0.15, 0.2) is 0 Å². The third kappa shape index (κ3) is 4.48. The van der Waals surface area contributed by atoms with E-state index in [4.69, 9.17) is 10.4 Å². The van der Waals surface area contributed by atoms with Crippen molar-refractivity contribution in [2.45, 2.75) is 24.3 Å². The number of carbonyl (C=O) groups is 1. The predicted molar refractivity (Wildman–Crippen MR) is 69.1 cm³/mol. The smallest absolute Gasteiger partial charge is 0.303 e. The van der Waals surface area contributed by atoms with Crippen LogP contribution in [-0.4, -0.2) is 22.3 Å². The average Bonchev–Trinajstić information content (AvgIpc) is 2.37. The number of nitriles is 1. The summed E-state index contributed by atoms with van der Waals surface area (Å²) >= 11 is 1.42. The standard InChI is InChI=1S/C13H12N2O2S/c1-18-13-11(8-14)7-10(9-15-13)5-3-2-4-6-12(16)17/h7,9H,2,4,6H2,1H3,(H,16,17). The molecule has 0 aliphatic rings. The summed E-state index contributed by atoms with van der Waals surface area (Å²) in [6.45, 7) is 0. The summed E-state index contributed by atoms with van der Waals surface area (Å²) in [6, 6.07) is 3.77. The van der Waals surface area contributed by atoms with Crippen molar-refractivity contribution >= 4 is 17.7 Å². The molecule has 0 saturated heterocycles. The maximum Gasteiger partial charge on any atom is 0.303 e. The minimum absolute atomic E-state index is 0.127. The van der Waals surface area contributed by atoms with Crippen LogP contribution in [0.5, 0.6) is 0 Å². The molecule has 0 unspecified atom stereocenters. The van der Waals surface area contributed by atoms with Gasteiger partial charge in [-0.05, 0) is 18.7 Å². The van der Waals surface area contributed by atoms with Gasteiger partial charge in [-0.1, -0.05) is 11.8 Å². The number of unbranched alkanes of at least 4 members (excludes halogenated alkanes) is 1. The van der Waals surface area contributed by atoms with Crippen LogP contribution in [0.2, 0.25) is 0 Å². The van der Waals surface area contributed by atoms with Crippen LogP contribution in [0.25, 0.3) is 0 Å². The van der Waals surface area contributed by atoms with Gasteiger partial charge < -0.3 is 5.11 Å². The molecule has 0 aliphatic carbocycles. The van der Waals surface area contributed by atoms with E-state index in [9.17, 15) is 4.79 Å². The van der Waals surface area contributed by atoms with E-state index in [1.807, 2.05) is 6.26 Å². The fourth-order valence-corrected chi connectivity index (χ4v) is 1.74. The van der Waals surface area contributed by atoms with Gasteiger partial charge in [-0.2, -0.15) is 5.26 Å². The van der Waals surface area contributed by atoms with Gasteiger partial charge in [-0.3, -0.25) is 4.79 Å². The molecule has 0 bridgehead atoms. The Balaban J connectivity index is 2.66. The summed E-state index contributed by atoms with van der Waals surface area (Å²) in [5.41, 5.74) is 1.19. The number of aromatic nitrogens is 1. The number of thioether (sulfide) groups is 1. The summed E-state index contributed by atoms with van der Waals surface area (Å²) < 4.78 is 0. The normalized spacial score (nSPS) is 9.11. The van der Waals surface area contributed by atoms with Gasteiger partial charge in [-0.15, -0.1) is 11.8 Å². The summed E-state index contributed by atoms with van der Waals surface area (Å²) in [4.78, 5) is 14.4. The minimum atomic E-state index is -0.811. The van der Waals surface area contributed by atoms with Crippen molar-refractivity contribution in [3.8, 4) is 17.9 Å². The summed E-state index contributed by atoms with van der Waals surface area (Å²) in [5, 5.41) is 18.1. The SMILES string of the molecule is CSc1ncc(C#CCCCC(=O)O)cc1C#N. The van der Waals surface area contributed by atoms with E-state index in [0.29, 0.717) is 29.0 Å². The molecule has 0 radical (unpaired) electrons. The third-order valence-electron chi connectivity index (χ3n) is 2.09. The van der Waals surface area contributed by atoms with Crippen LogP contribution in [0.15, 0.2) is 17.3 Å². The molecule has 0 atom stereocenters. The number of pyridine rings is 1. The fraction of sp³-hybridized carbons (Fsp3) is 0.308. The van der Waals surface area contributed by atoms with Gasteiger partial charge in [0.25, 0.3) is 0 Å². The highest BCUT2D eigenvalue weighted by Crippen LogP contribution is 2.17. The lowest BCUT2D eigenvalue weighted by Gasteiger charge is -1.98. The first-order valence-electron chi connectivity index (χ1n) is 5.32. The largest absolute Gasteiger partial charge is 0.481 e. The molecule has 0 aromatic carbocycles. The molecule has 18 heavy (non-hydrogen) atoms. The Bertz CT molecular complexity index is 538. The fourth-order valence-electron chi connectivity index (χ4n) is 1.26. The van der Waals surface area contributed by atoms with Crippen LogP contribution >= 0.6 is 11.8 Å². The zero-order chi connectivity index (χ0) is 13.4. The van der Waals surface area contributed by atoms with Crippen LogP contribution in [0.1, 0.15) is 30.4 Å². The van der Waals surface area contributed by atoms with E-state index in [-0.39, 0.29) is 6.42 Å². The Hall–Kier alpha value is -1.98. The predicted octanol–water partition coefficient (Wildman–Crippen LogP) is 2.28. The van der Waals surface area contributed by atoms with Crippen molar-refractivity contribution in [3.05, 3.63) is 23.4 Å². The van der Waals surface area contributed by atoms with E-state index >= 15 is 0 Å². The number of rotatable bonds is 4. The third-order valence-corrected chi connectivity index (χ3v) is 2.80. The van der Waals surface area contributed by atoms with E-state index in [0.717, 1.165) is 0 Å². The van der Waals surface area contributed by atoms with E-state index < -0.39 is 5.97 Å². The maximum atomic E-state index is 10.3. The van der Waals surface area contributed by atoms with Gasteiger partial charge in [0, 0.05) is 24.6 Å². The zero-order valence-corrected chi connectivity index (χ0v) is 10.8. The highest BCUT2D eigenvalue weighted by Gasteiger charge is 2.02. The molecule has 0 fully saturated rings. The quantitative estimate of drug-likeness (QED) is 0.510. The van der Waals surface area contributed by atoms with Gasteiger partial charge in [-0.25, -0.2) is 4.98 Å².